The second kappa shape index (κ2) is 5.78. The number of benzene rings is 1. The number of aryl methyl sites for hydroxylation is 1. The van der Waals surface area contributed by atoms with Crippen molar-refractivity contribution in [2.75, 3.05) is 12.3 Å². The summed E-state index contributed by atoms with van der Waals surface area (Å²) in [6.45, 7) is 2.16. The monoisotopic (exact) mass is 393 g/mol. The number of nitrogens with one attached hydrogen (secondary N) is 1. The average molecular weight is 393 g/mol. The van der Waals surface area contributed by atoms with Crippen molar-refractivity contribution in [2.24, 2.45) is 0 Å². The first-order valence-electron chi connectivity index (χ1n) is 6.16. The minimum atomic E-state index is -3.00. The zero-order valence-corrected chi connectivity index (χ0v) is 13.6. The molecule has 1 aromatic rings. The number of sulfone groups is 1. The molecule has 0 aliphatic carbocycles. The van der Waals surface area contributed by atoms with E-state index in [1.54, 1.807) is 6.07 Å². The van der Waals surface area contributed by atoms with Crippen LogP contribution in [0.2, 0.25) is 0 Å². The first kappa shape index (κ1) is 14.8. The lowest BCUT2D eigenvalue weighted by Gasteiger charge is -2.12. The van der Waals surface area contributed by atoms with E-state index < -0.39 is 15.1 Å². The molecule has 0 saturated carbocycles. The maximum Gasteiger partial charge on any atom is 0.252 e. The highest BCUT2D eigenvalue weighted by atomic mass is 127. The van der Waals surface area contributed by atoms with Gasteiger partial charge in [0.15, 0.2) is 9.84 Å². The fourth-order valence-electron chi connectivity index (χ4n) is 2.21. The molecule has 2 rings (SSSR count). The molecule has 1 atom stereocenters. The average Bonchev–Trinajstić information content (AvgIpc) is 2.69. The van der Waals surface area contributed by atoms with Gasteiger partial charge in [0.1, 0.15) is 0 Å². The number of amides is 1. The third-order valence-corrected chi connectivity index (χ3v) is 7.10. The van der Waals surface area contributed by atoms with Gasteiger partial charge >= 0.3 is 0 Å². The minimum Gasteiger partial charge on any atom is -0.351 e. The quantitative estimate of drug-likeness (QED) is 0.799. The van der Waals surface area contributed by atoms with Gasteiger partial charge in [-0.25, -0.2) is 8.42 Å². The molecule has 0 spiro atoms. The van der Waals surface area contributed by atoms with E-state index >= 15 is 0 Å². The summed E-state index contributed by atoms with van der Waals surface area (Å²) in [4.78, 5) is 12.1. The van der Waals surface area contributed by atoms with Crippen LogP contribution in [0.25, 0.3) is 0 Å². The summed E-state index contributed by atoms with van der Waals surface area (Å²) < 4.78 is 24.3. The molecule has 104 valence electrons. The first-order chi connectivity index (χ1) is 8.92. The maximum atomic E-state index is 12.1. The lowest BCUT2D eigenvalue weighted by atomic mass is 10.1. The number of hydrogen-bond donors (Lipinski definition) is 1. The van der Waals surface area contributed by atoms with Gasteiger partial charge in [-0.05, 0) is 54.0 Å². The smallest absolute Gasteiger partial charge is 0.252 e. The first-order valence-corrected chi connectivity index (χ1v) is 8.96. The van der Waals surface area contributed by atoms with Crippen molar-refractivity contribution in [1.82, 2.24) is 5.32 Å². The summed E-state index contributed by atoms with van der Waals surface area (Å²) in [7, 11) is -3.00. The van der Waals surface area contributed by atoms with Gasteiger partial charge in [0, 0.05) is 10.1 Å². The van der Waals surface area contributed by atoms with Crippen molar-refractivity contribution in [2.45, 2.75) is 25.0 Å². The normalized spacial score (nSPS) is 21.3. The van der Waals surface area contributed by atoms with Crippen LogP contribution in [0.4, 0.5) is 0 Å². The van der Waals surface area contributed by atoms with Crippen LogP contribution in [0.3, 0.4) is 0 Å². The van der Waals surface area contributed by atoms with Gasteiger partial charge in [0.05, 0.1) is 16.6 Å². The number of carbonyl (C=O) groups excluding carboxylic acids is 1. The molecule has 1 aliphatic heterocycles. The maximum absolute atomic E-state index is 12.1. The van der Waals surface area contributed by atoms with Gasteiger partial charge in [-0.1, -0.05) is 12.1 Å². The van der Waals surface area contributed by atoms with E-state index in [2.05, 4.69) is 27.9 Å². The Morgan fingerprint density at radius 2 is 2.21 bits per heavy atom. The predicted molar refractivity (Wildman–Crippen MR) is 83.0 cm³/mol. The molecule has 6 heteroatoms. The Kier molecular flexibility index (Phi) is 4.50. The van der Waals surface area contributed by atoms with Crippen LogP contribution in [0.15, 0.2) is 18.2 Å². The zero-order chi connectivity index (χ0) is 14.0. The highest BCUT2D eigenvalue weighted by molar-refractivity contribution is 14.1. The number of rotatable bonds is 3. The van der Waals surface area contributed by atoms with E-state index in [1.165, 1.54) is 0 Å². The Morgan fingerprint density at radius 3 is 2.84 bits per heavy atom. The van der Waals surface area contributed by atoms with Gasteiger partial charge in [0.2, 0.25) is 0 Å². The van der Waals surface area contributed by atoms with Crippen LogP contribution >= 0.6 is 22.6 Å². The third-order valence-electron chi connectivity index (χ3n) is 3.39. The van der Waals surface area contributed by atoms with E-state index in [4.69, 9.17) is 0 Å². The predicted octanol–water partition coefficient (Wildman–Crippen LogP) is 1.91. The molecule has 1 N–H and O–H groups in total. The van der Waals surface area contributed by atoms with Crippen molar-refractivity contribution in [3.05, 3.63) is 32.9 Å². The summed E-state index contributed by atoms with van der Waals surface area (Å²) in [5.41, 5.74) is 1.65. The second-order valence-corrected chi connectivity index (χ2v) is 8.26. The molecule has 1 amide bonds. The van der Waals surface area contributed by atoms with Crippen molar-refractivity contribution in [1.29, 1.82) is 0 Å². The fourth-order valence-corrected chi connectivity index (χ4v) is 4.58. The Hall–Kier alpha value is -0.630. The molecule has 0 bridgehead atoms. The molecule has 1 fully saturated rings. The van der Waals surface area contributed by atoms with E-state index in [0.29, 0.717) is 18.4 Å². The number of carbonyl (C=O) groups is 1. The summed E-state index contributed by atoms with van der Waals surface area (Å²) in [5.74, 6) is 0.0467. The van der Waals surface area contributed by atoms with E-state index in [0.717, 1.165) is 9.13 Å². The number of halogens is 1. The van der Waals surface area contributed by atoms with E-state index in [-0.39, 0.29) is 18.2 Å². The highest BCUT2D eigenvalue weighted by Crippen LogP contribution is 2.20. The molecular weight excluding hydrogens is 377 g/mol. The van der Waals surface area contributed by atoms with Crippen molar-refractivity contribution in [3.63, 3.8) is 0 Å². The van der Waals surface area contributed by atoms with Crippen LogP contribution in [0.5, 0.6) is 0 Å². The lowest BCUT2D eigenvalue weighted by Crippen LogP contribution is -2.35. The van der Waals surface area contributed by atoms with Crippen molar-refractivity contribution < 1.29 is 13.2 Å². The molecule has 1 heterocycles. The van der Waals surface area contributed by atoms with Gasteiger partial charge in [-0.2, -0.15) is 0 Å². The molecule has 1 unspecified atom stereocenters. The van der Waals surface area contributed by atoms with Crippen molar-refractivity contribution >= 4 is 38.3 Å². The Morgan fingerprint density at radius 1 is 1.47 bits per heavy atom. The van der Waals surface area contributed by atoms with Gasteiger partial charge in [-0.3, -0.25) is 4.79 Å². The molecule has 1 saturated heterocycles. The Labute approximate surface area is 127 Å². The summed E-state index contributed by atoms with van der Waals surface area (Å²) in [6.07, 6.45) is 1.35. The SMILES string of the molecule is Cc1cccc(C(=O)NCC2CCCS2(=O)=O)c1I. The topological polar surface area (TPSA) is 63.2 Å². The second-order valence-electron chi connectivity index (χ2n) is 4.78. The summed E-state index contributed by atoms with van der Waals surface area (Å²) >= 11 is 2.14. The van der Waals surface area contributed by atoms with Crippen molar-refractivity contribution in [3.8, 4) is 0 Å². The van der Waals surface area contributed by atoms with Crippen LogP contribution < -0.4 is 5.32 Å². The van der Waals surface area contributed by atoms with Gasteiger partial charge in [0.25, 0.3) is 5.91 Å². The van der Waals surface area contributed by atoms with Crippen LogP contribution in [0.1, 0.15) is 28.8 Å². The molecule has 1 aliphatic rings. The molecule has 4 nitrogen and oxygen atoms in total. The molecule has 0 radical (unpaired) electrons. The third kappa shape index (κ3) is 3.28. The fraction of sp³-hybridized carbons (Fsp3) is 0.462. The summed E-state index contributed by atoms with van der Waals surface area (Å²) in [5, 5.41) is 2.32. The Bertz CT molecular complexity index is 598. The molecule has 19 heavy (non-hydrogen) atoms. The van der Waals surface area contributed by atoms with Crippen LogP contribution in [-0.4, -0.2) is 31.9 Å². The summed E-state index contributed by atoms with van der Waals surface area (Å²) in [6, 6.07) is 5.53. The van der Waals surface area contributed by atoms with Crippen LogP contribution in [0, 0.1) is 10.5 Å². The molecule has 0 aromatic heterocycles. The highest BCUT2D eigenvalue weighted by Gasteiger charge is 2.31. The zero-order valence-electron chi connectivity index (χ0n) is 10.6. The Balaban J connectivity index is 2.04. The van der Waals surface area contributed by atoms with E-state index in [9.17, 15) is 13.2 Å². The van der Waals surface area contributed by atoms with Crippen LogP contribution in [-0.2, 0) is 9.84 Å². The lowest BCUT2D eigenvalue weighted by molar-refractivity contribution is 0.0952. The minimum absolute atomic E-state index is 0.199. The standard InChI is InChI=1S/C13H16INO3S/c1-9-4-2-6-11(12(9)14)13(16)15-8-10-5-3-7-19(10,17)18/h2,4,6,10H,3,5,7-8H2,1H3,(H,15,16). The van der Waals surface area contributed by atoms with Gasteiger partial charge in [-0.15, -0.1) is 0 Å². The largest absolute Gasteiger partial charge is 0.351 e. The number of hydrogen-bond acceptors (Lipinski definition) is 3. The molecular formula is C13H16INO3S. The molecule has 1 aromatic carbocycles. The van der Waals surface area contributed by atoms with Gasteiger partial charge < -0.3 is 5.32 Å². The van der Waals surface area contributed by atoms with E-state index in [1.807, 2.05) is 19.1 Å².